The van der Waals surface area contributed by atoms with E-state index in [-0.39, 0.29) is 30.5 Å². The summed E-state index contributed by atoms with van der Waals surface area (Å²) in [6.07, 6.45) is 1.59. The molecule has 2 amide bonds. The van der Waals surface area contributed by atoms with Crippen LogP contribution in [0.2, 0.25) is 0 Å². The van der Waals surface area contributed by atoms with Crippen LogP contribution in [-0.2, 0) is 4.79 Å². The van der Waals surface area contributed by atoms with E-state index in [1.165, 1.54) is 0 Å². The lowest BCUT2D eigenvalue weighted by molar-refractivity contribution is -0.119. The number of hydrogen-bond donors (Lipinski definition) is 3. The number of ether oxygens (including phenoxy) is 1. The first-order valence-corrected chi connectivity index (χ1v) is 6.98. The standard InChI is InChI=1S/C15H23N3O3.ClH/c1-3-15(17,4-2)10-18-14(20)11-5-7-12(8-6-11)21-9-13(16)19;/h5-8H,3-4,9-10,17H2,1-2H3,(H2,16,19)(H,18,20);1H. The van der Waals surface area contributed by atoms with Crippen molar-refractivity contribution in [3.63, 3.8) is 0 Å². The van der Waals surface area contributed by atoms with Gasteiger partial charge in [-0.15, -0.1) is 12.4 Å². The van der Waals surface area contributed by atoms with Crippen LogP contribution in [0.15, 0.2) is 24.3 Å². The van der Waals surface area contributed by atoms with Gasteiger partial charge < -0.3 is 21.5 Å². The van der Waals surface area contributed by atoms with Crippen molar-refractivity contribution in [2.24, 2.45) is 11.5 Å². The Morgan fingerprint density at radius 2 is 1.73 bits per heavy atom. The van der Waals surface area contributed by atoms with Crippen molar-refractivity contribution in [1.82, 2.24) is 5.32 Å². The van der Waals surface area contributed by atoms with E-state index in [1.54, 1.807) is 24.3 Å². The highest BCUT2D eigenvalue weighted by Gasteiger charge is 2.21. The van der Waals surface area contributed by atoms with Crippen LogP contribution in [0.25, 0.3) is 0 Å². The molecule has 0 aliphatic carbocycles. The van der Waals surface area contributed by atoms with Crippen molar-refractivity contribution in [3.05, 3.63) is 29.8 Å². The van der Waals surface area contributed by atoms with Gasteiger partial charge in [-0.3, -0.25) is 9.59 Å². The first-order valence-electron chi connectivity index (χ1n) is 6.98. The maximum atomic E-state index is 12.0. The van der Waals surface area contributed by atoms with Gasteiger partial charge in [0.2, 0.25) is 0 Å². The van der Waals surface area contributed by atoms with Gasteiger partial charge in [0.1, 0.15) is 5.75 Å². The molecule has 7 heteroatoms. The number of carbonyl (C=O) groups excluding carboxylic acids is 2. The molecule has 1 aromatic rings. The summed E-state index contributed by atoms with van der Waals surface area (Å²) in [6.45, 7) is 4.24. The number of amides is 2. The van der Waals surface area contributed by atoms with Crippen LogP contribution >= 0.6 is 12.4 Å². The second-order valence-electron chi connectivity index (χ2n) is 5.03. The van der Waals surface area contributed by atoms with Crippen molar-refractivity contribution < 1.29 is 14.3 Å². The van der Waals surface area contributed by atoms with Gasteiger partial charge in [0.25, 0.3) is 11.8 Å². The average Bonchev–Trinajstić information content (AvgIpc) is 2.50. The molecular weight excluding hydrogens is 306 g/mol. The third kappa shape index (κ3) is 6.32. The monoisotopic (exact) mass is 329 g/mol. The molecule has 5 N–H and O–H groups in total. The normalized spacial score (nSPS) is 10.5. The summed E-state index contributed by atoms with van der Waals surface area (Å²) < 4.78 is 5.12. The van der Waals surface area contributed by atoms with Crippen LogP contribution in [0.4, 0.5) is 0 Å². The van der Waals surface area contributed by atoms with Crippen molar-refractivity contribution in [1.29, 1.82) is 0 Å². The summed E-state index contributed by atoms with van der Waals surface area (Å²) in [7, 11) is 0. The van der Waals surface area contributed by atoms with Crippen LogP contribution in [0.5, 0.6) is 5.75 Å². The van der Waals surface area contributed by atoms with E-state index in [1.807, 2.05) is 13.8 Å². The molecule has 0 heterocycles. The number of halogens is 1. The Labute approximate surface area is 137 Å². The highest BCUT2D eigenvalue weighted by atomic mass is 35.5. The lowest BCUT2D eigenvalue weighted by Gasteiger charge is -2.26. The van der Waals surface area contributed by atoms with Crippen molar-refractivity contribution >= 4 is 24.2 Å². The van der Waals surface area contributed by atoms with Crippen LogP contribution in [-0.4, -0.2) is 30.5 Å². The average molecular weight is 330 g/mol. The fraction of sp³-hybridized carbons (Fsp3) is 0.467. The SMILES string of the molecule is CCC(N)(CC)CNC(=O)c1ccc(OCC(N)=O)cc1.Cl. The molecule has 1 aromatic carbocycles. The molecule has 6 nitrogen and oxygen atoms in total. The Morgan fingerprint density at radius 1 is 1.18 bits per heavy atom. The van der Waals surface area contributed by atoms with E-state index >= 15 is 0 Å². The summed E-state index contributed by atoms with van der Waals surface area (Å²) in [5, 5.41) is 2.83. The molecule has 1 rings (SSSR count). The third-order valence-electron chi connectivity index (χ3n) is 3.51. The highest BCUT2D eigenvalue weighted by Crippen LogP contribution is 2.13. The molecule has 124 valence electrons. The van der Waals surface area contributed by atoms with Crippen molar-refractivity contribution in [2.75, 3.05) is 13.2 Å². The summed E-state index contributed by atoms with van der Waals surface area (Å²) in [5.41, 5.74) is 11.3. The summed E-state index contributed by atoms with van der Waals surface area (Å²) in [6, 6.07) is 6.49. The minimum Gasteiger partial charge on any atom is -0.484 e. The Morgan fingerprint density at radius 3 is 2.18 bits per heavy atom. The van der Waals surface area contributed by atoms with Crippen molar-refractivity contribution in [2.45, 2.75) is 32.2 Å². The first kappa shape index (κ1) is 20.2. The Bertz CT molecular complexity index is 487. The minimum absolute atomic E-state index is 0. The van der Waals surface area contributed by atoms with Gasteiger partial charge in [0.15, 0.2) is 6.61 Å². The zero-order valence-electron chi connectivity index (χ0n) is 12.9. The first-order chi connectivity index (χ1) is 9.90. The smallest absolute Gasteiger partial charge is 0.255 e. The van der Waals surface area contributed by atoms with Gasteiger partial charge in [-0.05, 0) is 37.1 Å². The minimum atomic E-state index is -0.546. The third-order valence-corrected chi connectivity index (χ3v) is 3.51. The van der Waals surface area contributed by atoms with Gasteiger partial charge >= 0.3 is 0 Å². The van der Waals surface area contributed by atoms with Gasteiger partial charge in [0, 0.05) is 17.6 Å². The van der Waals surface area contributed by atoms with E-state index < -0.39 is 5.91 Å². The maximum absolute atomic E-state index is 12.0. The largest absolute Gasteiger partial charge is 0.484 e. The maximum Gasteiger partial charge on any atom is 0.255 e. The van der Waals surface area contributed by atoms with E-state index in [4.69, 9.17) is 16.2 Å². The van der Waals surface area contributed by atoms with Gasteiger partial charge in [-0.25, -0.2) is 0 Å². The Hall–Kier alpha value is -1.79. The molecule has 0 fully saturated rings. The van der Waals surface area contributed by atoms with E-state index in [9.17, 15) is 9.59 Å². The predicted molar refractivity (Wildman–Crippen MR) is 88.2 cm³/mol. The number of benzene rings is 1. The molecule has 0 aromatic heterocycles. The quantitative estimate of drug-likeness (QED) is 0.666. The fourth-order valence-corrected chi connectivity index (χ4v) is 1.72. The summed E-state index contributed by atoms with van der Waals surface area (Å²) in [4.78, 5) is 22.6. The molecule has 0 saturated carbocycles. The molecule has 0 aliphatic heterocycles. The zero-order chi connectivity index (χ0) is 15.9. The zero-order valence-corrected chi connectivity index (χ0v) is 13.7. The van der Waals surface area contributed by atoms with E-state index in [0.29, 0.717) is 17.9 Å². The second kappa shape index (κ2) is 9.27. The lowest BCUT2D eigenvalue weighted by atomic mass is 9.94. The van der Waals surface area contributed by atoms with E-state index in [2.05, 4.69) is 5.32 Å². The number of rotatable bonds is 8. The molecule has 0 spiro atoms. The van der Waals surface area contributed by atoms with Crippen LogP contribution < -0.4 is 21.5 Å². The van der Waals surface area contributed by atoms with Crippen LogP contribution in [0, 0.1) is 0 Å². The summed E-state index contributed by atoms with van der Waals surface area (Å²) >= 11 is 0. The van der Waals surface area contributed by atoms with Crippen LogP contribution in [0.1, 0.15) is 37.0 Å². The van der Waals surface area contributed by atoms with Gasteiger partial charge in [0.05, 0.1) is 0 Å². The molecule has 0 radical (unpaired) electrons. The molecule has 0 atom stereocenters. The van der Waals surface area contributed by atoms with E-state index in [0.717, 1.165) is 12.8 Å². The Balaban J connectivity index is 0.00000441. The van der Waals surface area contributed by atoms with Crippen molar-refractivity contribution in [3.8, 4) is 5.75 Å². The molecule has 22 heavy (non-hydrogen) atoms. The number of primary amides is 1. The number of nitrogens with one attached hydrogen (secondary N) is 1. The van der Waals surface area contributed by atoms with Gasteiger partial charge in [-0.2, -0.15) is 0 Å². The predicted octanol–water partition coefficient (Wildman–Crippen LogP) is 1.22. The molecule has 0 aliphatic rings. The molecular formula is C15H24ClN3O3. The second-order valence-corrected chi connectivity index (χ2v) is 5.03. The summed E-state index contributed by atoms with van der Waals surface area (Å²) in [5.74, 6) is -0.246. The molecule has 0 unspecified atom stereocenters. The topological polar surface area (TPSA) is 107 Å². The molecule has 0 bridgehead atoms. The van der Waals surface area contributed by atoms with Gasteiger partial charge in [-0.1, -0.05) is 13.8 Å². The highest BCUT2D eigenvalue weighted by molar-refractivity contribution is 5.94. The fourth-order valence-electron chi connectivity index (χ4n) is 1.72. The Kier molecular flexibility index (Phi) is 8.52. The lowest BCUT2D eigenvalue weighted by Crippen LogP contribution is -2.49. The molecule has 0 saturated heterocycles. The number of carbonyl (C=O) groups is 2. The van der Waals surface area contributed by atoms with Crippen LogP contribution in [0.3, 0.4) is 0 Å². The number of hydrogen-bond acceptors (Lipinski definition) is 4. The number of nitrogens with two attached hydrogens (primary N) is 2.